The Balaban J connectivity index is 1.68. The van der Waals surface area contributed by atoms with Gasteiger partial charge in [-0.1, -0.05) is 41.8 Å². The predicted octanol–water partition coefficient (Wildman–Crippen LogP) is 3.40. The van der Waals surface area contributed by atoms with Crippen molar-refractivity contribution in [1.29, 1.82) is 0 Å². The minimum Gasteiger partial charge on any atom is -0.269 e. The number of thiazole rings is 1. The summed E-state index contributed by atoms with van der Waals surface area (Å²) in [5.74, 6) is 1.70. The van der Waals surface area contributed by atoms with Gasteiger partial charge < -0.3 is 0 Å². The van der Waals surface area contributed by atoms with Gasteiger partial charge in [0.1, 0.15) is 0 Å². The maximum absolute atomic E-state index is 11.9. The molecule has 21 heavy (non-hydrogen) atoms. The number of thioether (sulfide) groups is 2. The Morgan fingerprint density at radius 3 is 2.90 bits per heavy atom. The molecule has 3 heterocycles. The van der Waals surface area contributed by atoms with Crippen molar-refractivity contribution in [3.63, 3.8) is 0 Å². The molecule has 0 amide bonds. The summed E-state index contributed by atoms with van der Waals surface area (Å²) >= 11 is 6.37. The molecule has 0 aromatic carbocycles. The second-order valence-corrected chi connectivity index (χ2v) is 8.53. The number of aromatic nitrogens is 4. The molecular weight excluding hydrogens is 344 g/mol. The molecule has 0 atom stereocenters. The van der Waals surface area contributed by atoms with E-state index in [1.54, 1.807) is 51.5 Å². The van der Waals surface area contributed by atoms with Gasteiger partial charge in [0.05, 0.1) is 5.69 Å². The third-order valence-corrected chi connectivity index (χ3v) is 6.70. The van der Waals surface area contributed by atoms with Crippen molar-refractivity contribution in [3.8, 4) is 0 Å². The van der Waals surface area contributed by atoms with Crippen LogP contribution in [0.25, 0.3) is 4.96 Å². The molecule has 0 fully saturated rings. The van der Waals surface area contributed by atoms with E-state index in [-0.39, 0.29) is 5.56 Å². The zero-order valence-corrected chi connectivity index (χ0v) is 14.4. The standard InChI is InChI=1S/C12H12N4OS4/c1-2-4-19-11-14-15-12(21-11)20-7-8-6-9(17)16-3-5-18-10(16)13-8/h3,5-6H,2,4,7H2,1H3. The summed E-state index contributed by atoms with van der Waals surface area (Å²) in [5.41, 5.74) is 0.749. The molecule has 3 aromatic rings. The molecule has 3 rings (SSSR count). The lowest BCUT2D eigenvalue weighted by molar-refractivity contribution is 0.951. The summed E-state index contributed by atoms with van der Waals surface area (Å²) in [6.45, 7) is 2.15. The second kappa shape index (κ2) is 6.91. The first-order chi connectivity index (χ1) is 10.3. The van der Waals surface area contributed by atoms with Crippen LogP contribution in [0.1, 0.15) is 19.0 Å². The Labute approximate surface area is 137 Å². The molecule has 0 radical (unpaired) electrons. The molecule has 0 N–H and O–H groups in total. The fourth-order valence-electron chi connectivity index (χ4n) is 1.60. The van der Waals surface area contributed by atoms with Gasteiger partial charge in [-0.05, 0) is 6.42 Å². The van der Waals surface area contributed by atoms with Crippen molar-refractivity contribution >= 4 is 51.2 Å². The first-order valence-corrected chi connectivity index (χ1v) is 9.98. The lowest BCUT2D eigenvalue weighted by Gasteiger charge is -1.98. The van der Waals surface area contributed by atoms with Gasteiger partial charge >= 0.3 is 0 Å². The highest BCUT2D eigenvalue weighted by Crippen LogP contribution is 2.30. The van der Waals surface area contributed by atoms with Gasteiger partial charge in [0.15, 0.2) is 13.6 Å². The van der Waals surface area contributed by atoms with Crippen LogP contribution in [-0.2, 0) is 5.75 Å². The van der Waals surface area contributed by atoms with Crippen molar-refractivity contribution < 1.29 is 0 Å². The van der Waals surface area contributed by atoms with Crippen molar-refractivity contribution in [2.24, 2.45) is 0 Å². The number of hydrogen-bond donors (Lipinski definition) is 0. The van der Waals surface area contributed by atoms with Crippen LogP contribution in [0.3, 0.4) is 0 Å². The van der Waals surface area contributed by atoms with Gasteiger partial charge in [0, 0.05) is 29.1 Å². The van der Waals surface area contributed by atoms with E-state index in [9.17, 15) is 4.79 Å². The smallest absolute Gasteiger partial charge is 0.258 e. The average molecular weight is 357 g/mol. The maximum Gasteiger partial charge on any atom is 0.258 e. The molecule has 0 saturated carbocycles. The van der Waals surface area contributed by atoms with E-state index in [1.165, 1.54) is 11.3 Å². The van der Waals surface area contributed by atoms with E-state index in [4.69, 9.17) is 0 Å². The summed E-state index contributed by atoms with van der Waals surface area (Å²) in [7, 11) is 0. The van der Waals surface area contributed by atoms with E-state index in [1.807, 2.05) is 5.38 Å². The molecule has 0 aliphatic carbocycles. The SMILES string of the molecule is CCCSc1nnc(SCc2cc(=O)n3ccsc3n2)s1. The van der Waals surface area contributed by atoms with Crippen LogP contribution in [0.15, 0.2) is 31.1 Å². The normalized spacial score (nSPS) is 11.3. The third-order valence-electron chi connectivity index (χ3n) is 2.52. The van der Waals surface area contributed by atoms with E-state index in [0.717, 1.165) is 31.5 Å². The Bertz CT molecular complexity index is 794. The molecule has 5 nitrogen and oxygen atoms in total. The van der Waals surface area contributed by atoms with Crippen LogP contribution in [-0.4, -0.2) is 25.3 Å². The Hall–Kier alpha value is -0.900. The number of nitrogens with zero attached hydrogens (tertiary/aromatic N) is 4. The Morgan fingerprint density at radius 2 is 2.10 bits per heavy atom. The van der Waals surface area contributed by atoms with Crippen molar-refractivity contribution in [2.45, 2.75) is 27.8 Å². The summed E-state index contributed by atoms with van der Waals surface area (Å²) in [4.78, 5) is 17.1. The fraction of sp³-hybridized carbons (Fsp3) is 0.333. The molecule has 0 bridgehead atoms. The first kappa shape index (κ1) is 15.0. The Kier molecular flexibility index (Phi) is 4.94. The lowest BCUT2D eigenvalue weighted by Crippen LogP contribution is -2.12. The maximum atomic E-state index is 11.9. The monoisotopic (exact) mass is 356 g/mol. The minimum absolute atomic E-state index is 0.0340. The Morgan fingerprint density at radius 1 is 1.29 bits per heavy atom. The number of rotatable bonds is 6. The summed E-state index contributed by atoms with van der Waals surface area (Å²) in [5, 5.41) is 10.2. The highest BCUT2D eigenvalue weighted by atomic mass is 32.2. The molecule has 0 spiro atoms. The molecule has 0 aliphatic rings. The van der Waals surface area contributed by atoms with Crippen molar-refractivity contribution in [1.82, 2.24) is 19.6 Å². The zero-order valence-electron chi connectivity index (χ0n) is 11.2. The van der Waals surface area contributed by atoms with Gasteiger partial charge in [-0.3, -0.25) is 9.20 Å². The molecule has 9 heteroatoms. The summed E-state index contributed by atoms with van der Waals surface area (Å²) in [6, 6.07) is 1.58. The van der Waals surface area contributed by atoms with Gasteiger partial charge in [-0.25, -0.2) is 4.98 Å². The molecule has 3 aromatic heterocycles. The second-order valence-electron chi connectivity index (χ2n) is 4.11. The first-order valence-electron chi connectivity index (χ1n) is 6.31. The highest BCUT2D eigenvalue weighted by molar-refractivity contribution is 8.02. The van der Waals surface area contributed by atoms with Gasteiger partial charge in [-0.2, -0.15) is 0 Å². The van der Waals surface area contributed by atoms with Crippen molar-refractivity contribution in [2.75, 3.05) is 5.75 Å². The average Bonchev–Trinajstić information content (AvgIpc) is 3.12. The molecule has 110 valence electrons. The van der Waals surface area contributed by atoms with E-state index in [2.05, 4.69) is 22.1 Å². The minimum atomic E-state index is -0.0340. The topological polar surface area (TPSA) is 60.2 Å². The number of fused-ring (bicyclic) bond motifs is 1. The summed E-state index contributed by atoms with van der Waals surface area (Å²) < 4.78 is 3.48. The van der Waals surface area contributed by atoms with Gasteiger partial charge in [-0.15, -0.1) is 21.5 Å². The third kappa shape index (κ3) is 3.65. The van der Waals surface area contributed by atoms with Gasteiger partial charge in [0.2, 0.25) is 0 Å². The van der Waals surface area contributed by atoms with Crippen LogP contribution in [0.5, 0.6) is 0 Å². The van der Waals surface area contributed by atoms with Crippen LogP contribution in [0, 0.1) is 0 Å². The quantitative estimate of drug-likeness (QED) is 0.631. The van der Waals surface area contributed by atoms with Crippen LogP contribution in [0.4, 0.5) is 0 Å². The van der Waals surface area contributed by atoms with Crippen LogP contribution >= 0.6 is 46.2 Å². The molecular formula is C12H12N4OS4. The number of hydrogen-bond acceptors (Lipinski definition) is 8. The summed E-state index contributed by atoms with van der Waals surface area (Å²) in [6.07, 6.45) is 2.87. The molecule has 0 saturated heterocycles. The van der Waals surface area contributed by atoms with E-state index < -0.39 is 0 Å². The van der Waals surface area contributed by atoms with Gasteiger partial charge in [0.25, 0.3) is 5.56 Å². The lowest BCUT2D eigenvalue weighted by atomic mass is 10.4. The van der Waals surface area contributed by atoms with E-state index in [0.29, 0.717) is 5.75 Å². The predicted molar refractivity (Wildman–Crippen MR) is 89.8 cm³/mol. The fourth-order valence-corrected chi connectivity index (χ4v) is 5.18. The van der Waals surface area contributed by atoms with Crippen LogP contribution < -0.4 is 5.56 Å². The highest BCUT2D eigenvalue weighted by Gasteiger charge is 2.08. The van der Waals surface area contributed by atoms with Crippen LogP contribution in [0.2, 0.25) is 0 Å². The van der Waals surface area contributed by atoms with Crippen molar-refractivity contribution in [3.05, 3.63) is 33.7 Å². The molecule has 0 aliphatic heterocycles. The largest absolute Gasteiger partial charge is 0.269 e. The molecule has 0 unspecified atom stereocenters. The zero-order chi connectivity index (χ0) is 14.7. The van der Waals surface area contributed by atoms with E-state index >= 15 is 0 Å².